The molecule has 0 spiro atoms. The van der Waals surface area contributed by atoms with Gasteiger partial charge in [-0.15, -0.1) is 0 Å². The summed E-state index contributed by atoms with van der Waals surface area (Å²) in [6, 6.07) is 5.75. The van der Waals surface area contributed by atoms with E-state index in [4.69, 9.17) is 11.6 Å². The number of sulfonamides is 1. The van der Waals surface area contributed by atoms with E-state index in [2.05, 4.69) is 25.2 Å². The van der Waals surface area contributed by atoms with Crippen LogP contribution in [0.25, 0.3) is 27.5 Å². The van der Waals surface area contributed by atoms with Gasteiger partial charge in [-0.3, -0.25) is 28.2 Å². The number of anilines is 1. The van der Waals surface area contributed by atoms with Crippen molar-refractivity contribution in [1.82, 2.24) is 34.4 Å². The van der Waals surface area contributed by atoms with Crippen LogP contribution in [-0.2, 0) is 40.8 Å². The zero-order valence-corrected chi connectivity index (χ0v) is 31.3. The number of aryl methyl sites for hydroxylation is 2. The number of nitrogens with zero attached hydrogens (tertiary/aromatic N) is 6. The van der Waals surface area contributed by atoms with Gasteiger partial charge in [0.2, 0.25) is 15.9 Å². The second-order valence-electron chi connectivity index (χ2n) is 14.1. The molecule has 3 aromatic heterocycles. The van der Waals surface area contributed by atoms with Crippen LogP contribution in [-0.4, -0.2) is 49.7 Å². The van der Waals surface area contributed by atoms with Gasteiger partial charge in [-0.1, -0.05) is 11.6 Å². The van der Waals surface area contributed by atoms with Crippen molar-refractivity contribution in [3.8, 4) is 5.69 Å². The summed E-state index contributed by atoms with van der Waals surface area (Å²) in [5, 5.41) is 10.4. The minimum absolute atomic E-state index is 0.00119. The Morgan fingerprint density at radius 1 is 1.07 bits per heavy atom. The second-order valence-corrected chi connectivity index (χ2v) is 16.3. The molecule has 1 unspecified atom stereocenters. The Kier molecular flexibility index (Phi) is 8.95. The predicted octanol–water partition coefficient (Wildman–Crippen LogP) is 6.47. The van der Waals surface area contributed by atoms with Crippen LogP contribution >= 0.6 is 11.6 Å². The molecule has 3 atom stereocenters. The average molecular weight is 837 g/mol. The Bertz CT molecular complexity index is 2860. The van der Waals surface area contributed by atoms with Crippen molar-refractivity contribution in [2.45, 2.75) is 50.6 Å². The van der Waals surface area contributed by atoms with E-state index in [0.29, 0.717) is 10.7 Å². The number of aromatic nitrogens is 6. The predicted molar refractivity (Wildman–Crippen MR) is 193 cm³/mol. The van der Waals surface area contributed by atoms with Gasteiger partial charge in [0.25, 0.3) is 17.9 Å². The molecular weight excluding hydrogens is 809 g/mol. The number of alkyl halides is 4. The van der Waals surface area contributed by atoms with Crippen molar-refractivity contribution < 1.29 is 43.9 Å². The smallest absolute Gasteiger partial charge is 0.293 e. The van der Waals surface area contributed by atoms with Crippen molar-refractivity contribution in [2.24, 2.45) is 13.0 Å². The van der Waals surface area contributed by atoms with Crippen molar-refractivity contribution in [1.29, 1.82) is 0 Å². The number of benzene rings is 3. The Morgan fingerprint density at radius 3 is 2.44 bits per heavy atom. The largest absolute Gasteiger partial charge is 0.344 e. The minimum Gasteiger partial charge on any atom is -0.344 e. The lowest BCUT2D eigenvalue weighted by Crippen LogP contribution is -2.38. The molecule has 1 saturated carbocycles. The number of carbonyl (C=O) groups excluding carboxylic acids is 1. The monoisotopic (exact) mass is 836 g/mol. The van der Waals surface area contributed by atoms with Gasteiger partial charge < -0.3 is 5.32 Å². The van der Waals surface area contributed by atoms with Gasteiger partial charge in [0.1, 0.15) is 41.2 Å². The van der Waals surface area contributed by atoms with E-state index in [-0.39, 0.29) is 67.3 Å². The molecule has 2 N–H and O–H groups in total. The summed E-state index contributed by atoms with van der Waals surface area (Å²) in [6.45, 7) is 0.319. The van der Waals surface area contributed by atoms with Crippen LogP contribution in [0.2, 0.25) is 5.02 Å². The van der Waals surface area contributed by atoms with Crippen LogP contribution in [0.1, 0.15) is 58.7 Å². The summed E-state index contributed by atoms with van der Waals surface area (Å²) >= 11 is 6.55. The van der Waals surface area contributed by atoms with Gasteiger partial charge in [0.05, 0.1) is 44.8 Å². The lowest BCUT2D eigenvalue weighted by Gasteiger charge is -2.24. The summed E-state index contributed by atoms with van der Waals surface area (Å²) in [5.74, 6) is -10.1. The van der Waals surface area contributed by atoms with Gasteiger partial charge in [-0.25, -0.2) is 35.4 Å². The van der Waals surface area contributed by atoms with Crippen LogP contribution in [0.15, 0.2) is 47.3 Å². The molecular formula is C36H28ClF7N8O4S. The van der Waals surface area contributed by atoms with E-state index in [1.54, 1.807) is 0 Å². The molecule has 0 aliphatic heterocycles. The fourth-order valence-corrected chi connectivity index (χ4v) is 8.49. The second kappa shape index (κ2) is 13.3. The van der Waals surface area contributed by atoms with Crippen LogP contribution in [0, 0.1) is 30.3 Å². The molecule has 0 saturated heterocycles. The van der Waals surface area contributed by atoms with Gasteiger partial charge >= 0.3 is 0 Å². The van der Waals surface area contributed by atoms with Crippen LogP contribution in [0.5, 0.6) is 0 Å². The molecule has 57 heavy (non-hydrogen) atoms. The fraction of sp³-hybridized carbons (Fsp3) is 0.306. The van der Waals surface area contributed by atoms with Gasteiger partial charge in [0, 0.05) is 36.6 Å². The third-order valence-electron chi connectivity index (χ3n) is 10.2. The molecule has 3 heterocycles. The van der Waals surface area contributed by atoms with E-state index in [0.717, 1.165) is 29.0 Å². The van der Waals surface area contributed by atoms with Crippen molar-refractivity contribution in [2.75, 3.05) is 11.0 Å². The molecule has 3 aromatic carbocycles. The molecule has 6 aromatic rings. The fourth-order valence-electron chi connectivity index (χ4n) is 7.76. The quantitative estimate of drug-likeness (QED) is 0.151. The van der Waals surface area contributed by atoms with Gasteiger partial charge in [-0.2, -0.15) is 19.0 Å². The van der Waals surface area contributed by atoms with Crippen LogP contribution in [0.4, 0.5) is 36.6 Å². The highest BCUT2D eigenvalue weighted by Gasteiger charge is 2.67. The van der Waals surface area contributed by atoms with Crippen LogP contribution in [0.3, 0.4) is 0 Å². The topological polar surface area (TPSA) is 146 Å². The third kappa shape index (κ3) is 6.47. The maximum Gasteiger partial charge on any atom is 0.293 e. The number of fused-ring (bicyclic) bond motifs is 5. The first-order valence-electron chi connectivity index (χ1n) is 17.1. The lowest BCUT2D eigenvalue weighted by atomic mass is 10.0. The first kappa shape index (κ1) is 38.4. The van der Waals surface area contributed by atoms with E-state index in [1.165, 1.54) is 36.9 Å². The number of hydrogen-bond acceptors (Lipinski definition) is 7. The minimum atomic E-state index is -3.92. The van der Waals surface area contributed by atoms with Gasteiger partial charge in [0.15, 0.2) is 5.82 Å². The summed E-state index contributed by atoms with van der Waals surface area (Å²) in [7, 11) is -2.50. The summed E-state index contributed by atoms with van der Waals surface area (Å²) in [6.07, 6.45) is -2.88. The molecule has 0 bridgehead atoms. The first-order chi connectivity index (χ1) is 26.7. The lowest BCUT2D eigenvalue weighted by molar-refractivity contribution is -0.123. The molecule has 12 nitrogen and oxygen atoms in total. The third-order valence-corrected chi connectivity index (χ3v) is 11.0. The van der Waals surface area contributed by atoms with Crippen molar-refractivity contribution in [3.63, 3.8) is 0 Å². The van der Waals surface area contributed by atoms with E-state index >= 15 is 13.2 Å². The highest BCUT2D eigenvalue weighted by molar-refractivity contribution is 7.92. The van der Waals surface area contributed by atoms with E-state index < -0.39 is 93.5 Å². The Hall–Kier alpha value is -5.50. The van der Waals surface area contributed by atoms with Crippen molar-refractivity contribution >= 4 is 55.2 Å². The zero-order valence-electron chi connectivity index (χ0n) is 29.7. The number of amides is 1. The number of hydrogen-bond donors (Lipinski definition) is 2. The molecule has 1 amide bonds. The summed E-state index contributed by atoms with van der Waals surface area (Å²) in [5.41, 5.74) is -3.17. The summed E-state index contributed by atoms with van der Waals surface area (Å²) < 4.78 is 132. The van der Waals surface area contributed by atoms with E-state index in [9.17, 15) is 35.6 Å². The van der Waals surface area contributed by atoms with Crippen LogP contribution < -0.4 is 15.6 Å². The molecule has 0 radical (unpaired) electrons. The van der Waals surface area contributed by atoms with Gasteiger partial charge in [-0.05, 0) is 61.2 Å². The SMILES string of the molecule is Cc1c(F)ccc2c(=O)n(-c3ccc(Cl)c4c(NS(C)(=O)=O)nn(C)c34)c(C(Cc3cc(F)cc(F)c3)NC(=O)Cn3nc(C(F)F)c4c3C(F)(F)[C@@H]3C[C@H]43)nc12. The van der Waals surface area contributed by atoms with E-state index in [1.807, 2.05) is 0 Å². The maximum absolute atomic E-state index is 15.4. The Morgan fingerprint density at radius 2 is 1.77 bits per heavy atom. The highest BCUT2D eigenvalue weighted by atomic mass is 35.5. The number of carbonyl (C=O) groups is 1. The Balaban J connectivity index is 1.34. The average Bonchev–Trinajstić information content (AvgIpc) is 3.65. The molecule has 2 aliphatic rings. The summed E-state index contributed by atoms with van der Waals surface area (Å²) in [4.78, 5) is 33.2. The standard InChI is InChI=1S/C36H28ClF7N8O4S/c1-14-22(40)6-4-18-28(14)46-34(52(35(18)54)24-7-5-21(37)27-30(24)50(2)48-33(27)49-57(3,55)56)23(10-15-8-16(38)11-17(39)9-15)45-25(53)13-51-31-26(29(47-51)32(41)42)19-12-20(19)36(31,43)44/h4-9,11,19-20,23,32H,10,12-13H2,1-3H3,(H,45,53)(H,48,49)/t19-,20+,23?/m0/s1. The molecule has 298 valence electrons. The number of rotatable bonds is 10. The number of nitrogens with one attached hydrogen (secondary N) is 2. The Labute approximate surface area is 322 Å². The first-order valence-corrected chi connectivity index (χ1v) is 19.4. The highest BCUT2D eigenvalue weighted by Crippen LogP contribution is 2.68. The molecule has 1 fully saturated rings. The molecule has 8 rings (SSSR count). The molecule has 21 heteroatoms. The van der Waals surface area contributed by atoms with Crippen molar-refractivity contribution in [3.05, 3.63) is 109 Å². The molecule has 2 aliphatic carbocycles. The number of halogens is 8. The zero-order chi connectivity index (χ0) is 41.0. The normalized spacial score (nSPS) is 17.6. The maximum atomic E-state index is 15.4.